The summed E-state index contributed by atoms with van der Waals surface area (Å²) in [4.78, 5) is 12.1. The van der Waals surface area contributed by atoms with E-state index < -0.39 is 0 Å². The summed E-state index contributed by atoms with van der Waals surface area (Å²) in [5, 5.41) is 3.29. The van der Waals surface area contributed by atoms with Crippen LogP contribution in [0.4, 0.5) is 5.69 Å². The molecule has 1 N–H and O–H groups in total. The Labute approximate surface area is 117 Å². The van der Waals surface area contributed by atoms with E-state index in [-0.39, 0.29) is 5.91 Å². The van der Waals surface area contributed by atoms with E-state index in [0.717, 1.165) is 11.3 Å². The first-order valence-corrected chi connectivity index (χ1v) is 6.20. The molecule has 0 aliphatic rings. The number of amides is 1. The second-order valence-electron chi connectivity index (χ2n) is 4.12. The third-order valence-electron chi connectivity index (χ3n) is 2.78. The van der Waals surface area contributed by atoms with Gasteiger partial charge in [-0.05, 0) is 42.8 Å². The fraction of sp³-hybridized carbons (Fsp3) is 0.133. The Morgan fingerprint density at radius 2 is 1.95 bits per heavy atom. The molecule has 4 heteroatoms. The standard InChI is InChI=1S/C15H14ClNO2/c1-10-9-11(7-8-14(10)19-2)15(18)17-13-6-4-3-5-12(13)16/h3-9H,1-2H3,(H,17,18). The number of halogens is 1. The summed E-state index contributed by atoms with van der Waals surface area (Å²) < 4.78 is 5.16. The van der Waals surface area contributed by atoms with Crippen molar-refractivity contribution in [3.05, 3.63) is 58.6 Å². The van der Waals surface area contributed by atoms with Crippen LogP contribution in [0, 0.1) is 6.92 Å². The van der Waals surface area contributed by atoms with Crippen molar-refractivity contribution < 1.29 is 9.53 Å². The summed E-state index contributed by atoms with van der Waals surface area (Å²) in [7, 11) is 1.60. The predicted octanol–water partition coefficient (Wildman–Crippen LogP) is 3.91. The van der Waals surface area contributed by atoms with Crippen molar-refractivity contribution in [2.45, 2.75) is 6.92 Å². The average Bonchev–Trinajstić information content (AvgIpc) is 2.41. The maximum absolute atomic E-state index is 12.1. The highest BCUT2D eigenvalue weighted by molar-refractivity contribution is 6.33. The first-order chi connectivity index (χ1) is 9.11. The monoisotopic (exact) mass is 275 g/mol. The molecule has 0 fully saturated rings. The molecule has 2 aromatic carbocycles. The molecule has 0 saturated carbocycles. The van der Waals surface area contributed by atoms with Crippen molar-refractivity contribution in [2.75, 3.05) is 12.4 Å². The van der Waals surface area contributed by atoms with Crippen molar-refractivity contribution in [3.8, 4) is 5.75 Å². The molecule has 0 radical (unpaired) electrons. The molecule has 98 valence electrons. The number of hydrogen-bond acceptors (Lipinski definition) is 2. The summed E-state index contributed by atoms with van der Waals surface area (Å²) >= 11 is 6.00. The van der Waals surface area contributed by atoms with Crippen molar-refractivity contribution in [2.24, 2.45) is 0 Å². The number of anilines is 1. The zero-order valence-corrected chi connectivity index (χ0v) is 11.5. The van der Waals surface area contributed by atoms with Crippen LogP contribution in [0.25, 0.3) is 0 Å². The number of aryl methyl sites for hydroxylation is 1. The van der Waals surface area contributed by atoms with Gasteiger partial charge in [-0.1, -0.05) is 23.7 Å². The van der Waals surface area contributed by atoms with E-state index in [0.29, 0.717) is 16.3 Å². The van der Waals surface area contributed by atoms with Gasteiger partial charge in [-0.2, -0.15) is 0 Å². The zero-order chi connectivity index (χ0) is 13.8. The lowest BCUT2D eigenvalue weighted by molar-refractivity contribution is 0.102. The Balaban J connectivity index is 2.21. The number of benzene rings is 2. The van der Waals surface area contributed by atoms with Gasteiger partial charge in [-0.15, -0.1) is 0 Å². The molecule has 0 aliphatic heterocycles. The minimum Gasteiger partial charge on any atom is -0.496 e. The van der Waals surface area contributed by atoms with Crippen LogP contribution in [0.5, 0.6) is 5.75 Å². The van der Waals surface area contributed by atoms with Crippen LogP contribution in [0.1, 0.15) is 15.9 Å². The van der Waals surface area contributed by atoms with Gasteiger partial charge in [0.15, 0.2) is 0 Å². The number of carbonyl (C=O) groups is 1. The molecule has 1 amide bonds. The highest BCUT2D eigenvalue weighted by Crippen LogP contribution is 2.23. The molecule has 0 aliphatic carbocycles. The van der Waals surface area contributed by atoms with Crippen LogP contribution in [-0.2, 0) is 0 Å². The molecule has 0 unspecified atom stereocenters. The summed E-state index contributed by atoms with van der Waals surface area (Å²) in [6.45, 7) is 1.89. The fourth-order valence-corrected chi connectivity index (χ4v) is 1.96. The third kappa shape index (κ3) is 3.06. The van der Waals surface area contributed by atoms with Crippen molar-refractivity contribution in [1.29, 1.82) is 0 Å². The SMILES string of the molecule is COc1ccc(C(=O)Nc2ccccc2Cl)cc1C. The molecule has 0 bridgehead atoms. The summed E-state index contributed by atoms with van der Waals surface area (Å²) in [5.41, 5.74) is 2.08. The maximum atomic E-state index is 12.1. The highest BCUT2D eigenvalue weighted by atomic mass is 35.5. The van der Waals surface area contributed by atoms with Gasteiger partial charge in [0.05, 0.1) is 17.8 Å². The van der Waals surface area contributed by atoms with Gasteiger partial charge in [0.25, 0.3) is 5.91 Å². The first kappa shape index (κ1) is 13.4. The third-order valence-corrected chi connectivity index (χ3v) is 3.11. The molecule has 0 spiro atoms. The van der Waals surface area contributed by atoms with Gasteiger partial charge in [-0.25, -0.2) is 0 Å². The minimum absolute atomic E-state index is 0.196. The van der Waals surface area contributed by atoms with Crippen molar-refractivity contribution >= 4 is 23.2 Å². The second-order valence-corrected chi connectivity index (χ2v) is 4.53. The predicted molar refractivity (Wildman–Crippen MR) is 77.1 cm³/mol. The van der Waals surface area contributed by atoms with Crippen LogP contribution in [0.2, 0.25) is 5.02 Å². The number of methoxy groups -OCH3 is 1. The van der Waals surface area contributed by atoms with E-state index in [1.165, 1.54) is 0 Å². The van der Waals surface area contributed by atoms with Gasteiger partial charge in [-0.3, -0.25) is 4.79 Å². The lowest BCUT2D eigenvalue weighted by atomic mass is 10.1. The molecule has 0 heterocycles. The number of para-hydroxylation sites is 1. The first-order valence-electron chi connectivity index (χ1n) is 5.82. The molecule has 3 nitrogen and oxygen atoms in total. The Morgan fingerprint density at radius 1 is 1.21 bits per heavy atom. The van der Waals surface area contributed by atoms with Gasteiger partial charge >= 0.3 is 0 Å². The maximum Gasteiger partial charge on any atom is 0.255 e. The van der Waals surface area contributed by atoms with Gasteiger partial charge in [0, 0.05) is 5.56 Å². The Kier molecular flexibility index (Phi) is 4.07. The minimum atomic E-state index is -0.196. The van der Waals surface area contributed by atoms with Gasteiger partial charge in [0.2, 0.25) is 0 Å². The van der Waals surface area contributed by atoms with Crippen LogP contribution >= 0.6 is 11.6 Å². The van der Waals surface area contributed by atoms with Crippen molar-refractivity contribution in [1.82, 2.24) is 0 Å². The lowest BCUT2D eigenvalue weighted by Crippen LogP contribution is -2.12. The van der Waals surface area contributed by atoms with Crippen molar-refractivity contribution in [3.63, 3.8) is 0 Å². The Morgan fingerprint density at radius 3 is 2.58 bits per heavy atom. The molecule has 0 atom stereocenters. The number of ether oxygens (including phenoxy) is 1. The number of nitrogens with one attached hydrogen (secondary N) is 1. The molecule has 2 aromatic rings. The number of carbonyl (C=O) groups excluding carboxylic acids is 1. The molecular weight excluding hydrogens is 262 g/mol. The molecule has 0 saturated heterocycles. The summed E-state index contributed by atoms with van der Waals surface area (Å²) in [6.07, 6.45) is 0. The molecular formula is C15H14ClNO2. The smallest absolute Gasteiger partial charge is 0.255 e. The van der Waals surface area contributed by atoms with Crippen LogP contribution in [-0.4, -0.2) is 13.0 Å². The highest BCUT2D eigenvalue weighted by Gasteiger charge is 2.09. The van der Waals surface area contributed by atoms with Gasteiger partial charge in [0.1, 0.15) is 5.75 Å². The number of hydrogen-bond donors (Lipinski definition) is 1. The Bertz CT molecular complexity index is 611. The number of rotatable bonds is 3. The van der Waals surface area contributed by atoms with Crippen LogP contribution in [0.3, 0.4) is 0 Å². The summed E-state index contributed by atoms with van der Waals surface area (Å²) in [6, 6.07) is 12.4. The lowest BCUT2D eigenvalue weighted by Gasteiger charge is -2.09. The Hall–Kier alpha value is -2.00. The van der Waals surface area contributed by atoms with E-state index in [2.05, 4.69) is 5.32 Å². The second kappa shape index (κ2) is 5.76. The quantitative estimate of drug-likeness (QED) is 0.922. The zero-order valence-electron chi connectivity index (χ0n) is 10.7. The van der Waals surface area contributed by atoms with E-state index >= 15 is 0 Å². The van der Waals surface area contributed by atoms with Gasteiger partial charge < -0.3 is 10.1 Å². The van der Waals surface area contributed by atoms with E-state index in [4.69, 9.17) is 16.3 Å². The molecule has 0 aromatic heterocycles. The van der Waals surface area contributed by atoms with E-state index in [1.54, 1.807) is 37.4 Å². The topological polar surface area (TPSA) is 38.3 Å². The van der Waals surface area contributed by atoms with Crippen LogP contribution in [0.15, 0.2) is 42.5 Å². The fourth-order valence-electron chi connectivity index (χ4n) is 1.78. The van der Waals surface area contributed by atoms with Crippen LogP contribution < -0.4 is 10.1 Å². The molecule has 2 rings (SSSR count). The normalized spacial score (nSPS) is 10.1. The molecule has 19 heavy (non-hydrogen) atoms. The summed E-state index contributed by atoms with van der Waals surface area (Å²) in [5.74, 6) is 0.563. The average molecular weight is 276 g/mol. The van der Waals surface area contributed by atoms with E-state index in [9.17, 15) is 4.79 Å². The largest absolute Gasteiger partial charge is 0.496 e. The van der Waals surface area contributed by atoms with E-state index in [1.807, 2.05) is 19.1 Å².